The molecule has 0 atom stereocenters. The molecule has 1 N–H and O–H groups in total. The van der Waals surface area contributed by atoms with Crippen LogP contribution in [0.2, 0.25) is 0 Å². The summed E-state index contributed by atoms with van der Waals surface area (Å²) in [5.41, 5.74) is 3.93. The quantitative estimate of drug-likeness (QED) is 0.542. The van der Waals surface area contributed by atoms with Gasteiger partial charge in [0.15, 0.2) is 0 Å². The number of thiazole rings is 1. The molecule has 1 heterocycles. The first-order valence-electron chi connectivity index (χ1n) is 7.75. The zero-order valence-electron chi connectivity index (χ0n) is 13.2. The van der Waals surface area contributed by atoms with Crippen LogP contribution in [0.5, 0.6) is 11.5 Å². The molecule has 0 radical (unpaired) electrons. The zero-order valence-corrected chi connectivity index (χ0v) is 14.0. The van der Waals surface area contributed by atoms with Gasteiger partial charge in [0, 0.05) is 11.3 Å². The van der Waals surface area contributed by atoms with Gasteiger partial charge in [-0.25, -0.2) is 4.98 Å². The van der Waals surface area contributed by atoms with E-state index in [0.717, 1.165) is 21.7 Å². The number of aromatic nitrogens is 1. The van der Waals surface area contributed by atoms with Gasteiger partial charge in [-0.1, -0.05) is 24.3 Å². The lowest BCUT2D eigenvalue weighted by Gasteiger charge is -2.08. The third-order valence-corrected chi connectivity index (χ3v) is 4.47. The maximum absolute atomic E-state index is 12.5. The highest BCUT2D eigenvalue weighted by Crippen LogP contribution is 2.24. The second kappa shape index (κ2) is 6.75. The molecule has 0 aliphatic rings. The molecule has 1 aromatic heterocycles. The first-order valence-corrected chi connectivity index (χ1v) is 8.63. The molecule has 0 bridgehead atoms. The Morgan fingerprint density at radius 3 is 2.64 bits per heavy atom. The average Bonchev–Trinajstić information content (AvgIpc) is 3.10. The fourth-order valence-electron chi connectivity index (χ4n) is 2.46. The number of anilines is 1. The number of ether oxygens (including phenoxy) is 1. The van der Waals surface area contributed by atoms with Crippen molar-refractivity contribution >= 4 is 33.1 Å². The Labute approximate surface area is 148 Å². The van der Waals surface area contributed by atoms with Crippen molar-refractivity contribution in [3.63, 3.8) is 0 Å². The maximum atomic E-state index is 12.5. The molecule has 0 aliphatic carbocycles. The van der Waals surface area contributed by atoms with Gasteiger partial charge in [0.2, 0.25) is 0 Å². The summed E-state index contributed by atoms with van der Waals surface area (Å²) in [7, 11) is 0. The minimum absolute atomic E-state index is 0.187. The van der Waals surface area contributed by atoms with E-state index < -0.39 is 0 Å². The third kappa shape index (κ3) is 3.51. The molecule has 0 aliphatic heterocycles. The zero-order chi connectivity index (χ0) is 17.1. The van der Waals surface area contributed by atoms with Crippen molar-refractivity contribution in [2.45, 2.75) is 0 Å². The van der Waals surface area contributed by atoms with Gasteiger partial charge in [-0.05, 0) is 48.5 Å². The number of carbonyl (C=O) groups is 1. The molecule has 0 spiro atoms. The van der Waals surface area contributed by atoms with Gasteiger partial charge in [0.25, 0.3) is 5.91 Å². The van der Waals surface area contributed by atoms with Gasteiger partial charge in [0.1, 0.15) is 11.5 Å². The lowest BCUT2D eigenvalue weighted by molar-refractivity contribution is 0.102. The minimum atomic E-state index is -0.187. The number of benzene rings is 3. The number of nitrogens with zero attached hydrogens (tertiary/aromatic N) is 1. The molecule has 5 heteroatoms. The summed E-state index contributed by atoms with van der Waals surface area (Å²) in [6, 6.07) is 22.3. The summed E-state index contributed by atoms with van der Waals surface area (Å²) in [5.74, 6) is 1.16. The Bertz CT molecular complexity index is 1030. The Balaban J connectivity index is 1.52. The minimum Gasteiger partial charge on any atom is -0.457 e. The SMILES string of the molecule is O=C(Nc1ccc2scnc2c1)c1cccc(Oc2ccccc2)c1. The summed E-state index contributed by atoms with van der Waals surface area (Å²) < 4.78 is 6.87. The van der Waals surface area contributed by atoms with Gasteiger partial charge < -0.3 is 10.1 Å². The lowest BCUT2D eigenvalue weighted by atomic mass is 10.2. The number of fused-ring (bicyclic) bond motifs is 1. The molecule has 0 unspecified atom stereocenters. The molecule has 1 amide bonds. The van der Waals surface area contributed by atoms with Crippen molar-refractivity contribution < 1.29 is 9.53 Å². The van der Waals surface area contributed by atoms with Gasteiger partial charge in [-0.15, -0.1) is 11.3 Å². The summed E-state index contributed by atoms with van der Waals surface area (Å²) >= 11 is 1.57. The number of nitrogens with one attached hydrogen (secondary N) is 1. The molecule has 4 rings (SSSR count). The number of hydrogen-bond donors (Lipinski definition) is 1. The van der Waals surface area contributed by atoms with Crippen LogP contribution in [0.4, 0.5) is 5.69 Å². The van der Waals surface area contributed by atoms with Gasteiger partial charge in [-0.2, -0.15) is 0 Å². The third-order valence-electron chi connectivity index (χ3n) is 3.66. The smallest absolute Gasteiger partial charge is 0.255 e. The molecule has 4 nitrogen and oxygen atoms in total. The molecular formula is C20H14N2O2S. The van der Waals surface area contributed by atoms with Crippen LogP contribution in [0.15, 0.2) is 78.3 Å². The van der Waals surface area contributed by atoms with E-state index in [-0.39, 0.29) is 5.91 Å². The lowest BCUT2D eigenvalue weighted by Crippen LogP contribution is -2.11. The van der Waals surface area contributed by atoms with Crippen LogP contribution in [0, 0.1) is 0 Å². The van der Waals surface area contributed by atoms with Gasteiger partial charge in [0.05, 0.1) is 15.7 Å². The molecule has 122 valence electrons. The normalized spacial score (nSPS) is 10.6. The summed E-state index contributed by atoms with van der Waals surface area (Å²) in [6.45, 7) is 0. The predicted molar refractivity (Wildman–Crippen MR) is 101 cm³/mol. The molecule has 0 saturated carbocycles. The van der Waals surface area contributed by atoms with E-state index >= 15 is 0 Å². The van der Waals surface area contributed by atoms with Gasteiger partial charge in [-0.3, -0.25) is 4.79 Å². The topological polar surface area (TPSA) is 51.2 Å². The molecule has 25 heavy (non-hydrogen) atoms. The van der Waals surface area contributed by atoms with Crippen LogP contribution in [0.3, 0.4) is 0 Å². The van der Waals surface area contributed by atoms with Crippen molar-refractivity contribution in [2.24, 2.45) is 0 Å². The van der Waals surface area contributed by atoms with E-state index in [1.54, 1.807) is 35.0 Å². The number of hydrogen-bond acceptors (Lipinski definition) is 4. The van der Waals surface area contributed by atoms with E-state index in [1.807, 2.05) is 54.6 Å². The van der Waals surface area contributed by atoms with E-state index in [1.165, 1.54) is 0 Å². The first kappa shape index (κ1) is 15.4. The standard InChI is InChI=1S/C20H14N2O2S/c23-20(22-15-9-10-19-18(12-15)21-13-25-19)14-5-4-8-17(11-14)24-16-6-2-1-3-7-16/h1-13H,(H,22,23). The Kier molecular flexibility index (Phi) is 4.14. The number of carbonyl (C=O) groups excluding carboxylic acids is 1. The van der Waals surface area contributed by atoms with Crippen LogP contribution in [0.1, 0.15) is 10.4 Å². The number of rotatable bonds is 4. The Morgan fingerprint density at radius 2 is 1.76 bits per heavy atom. The van der Waals surface area contributed by atoms with E-state index in [2.05, 4.69) is 10.3 Å². The Hall–Kier alpha value is -3.18. The summed E-state index contributed by atoms with van der Waals surface area (Å²) in [4.78, 5) is 16.8. The van der Waals surface area contributed by atoms with Crippen molar-refractivity contribution in [3.8, 4) is 11.5 Å². The monoisotopic (exact) mass is 346 g/mol. The number of amides is 1. The fourth-order valence-corrected chi connectivity index (χ4v) is 3.12. The summed E-state index contributed by atoms with van der Waals surface area (Å²) in [6.07, 6.45) is 0. The van der Waals surface area contributed by atoms with E-state index in [0.29, 0.717) is 11.3 Å². The molecular weight excluding hydrogens is 332 g/mol. The van der Waals surface area contributed by atoms with E-state index in [4.69, 9.17) is 4.74 Å². The second-order valence-electron chi connectivity index (χ2n) is 5.43. The Morgan fingerprint density at radius 1 is 0.920 bits per heavy atom. The highest BCUT2D eigenvalue weighted by atomic mass is 32.1. The van der Waals surface area contributed by atoms with Crippen LogP contribution < -0.4 is 10.1 Å². The maximum Gasteiger partial charge on any atom is 0.255 e. The van der Waals surface area contributed by atoms with Crippen molar-refractivity contribution in [1.82, 2.24) is 4.98 Å². The van der Waals surface area contributed by atoms with Gasteiger partial charge >= 0.3 is 0 Å². The summed E-state index contributed by atoms with van der Waals surface area (Å²) in [5, 5.41) is 2.90. The van der Waals surface area contributed by atoms with Crippen molar-refractivity contribution in [1.29, 1.82) is 0 Å². The number of para-hydroxylation sites is 1. The average molecular weight is 346 g/mol. The van der Waals surface area contributed by atoms with Crippen LogP contribution in [-0.2, 0) is 0 Å². The van der Waals surface area contributed by atoms with Crippen molar-refractivity contribution in [3.05, 3.63) is 83.9 Å². The first-order chi connectivity index (χ1) is 12.3. The second-order valence-corrected chi connectivity index (χ2v) is 6.32. The highest BCUT2D eigenvalue weighted by molar-refractivity contribution is 7.16. The fraction of sp³-hybridized carbons (Fsp3) is 0. The van der Waals surface area contributed by atoms with Crippen molar-refractivity contribution in [2.75, 3.05) is 5.32 Å². The van der Waals surface area contributed by atoms with Crippen LogP contribution >= 0.6 is 11.3 Å². The molecule has 0 fully saturated rings. The van der Waals surface area contributed by atoms with E-state index in [9.17, 15) is 4.79 Å². The van der Waals surface area contributed by atoms with Crippen LogP contribution in [0.25, 0.3) is 10.2 Å². The molecule has 3 aromatic carbocycles. The predicted octanol–water partition coefficient (Wildman–Crippen LogP) is 5.34. The largest absolute Gasteiger partial charge is 0.457 e. The van der Waals surface area contributed by atoms with Crippen LogP contribution in [-0.4, -0.2) is 10.9 Å². The highest BCUT2D eigenvalue weighted by Gasteiger charge is 2.09. The molecule has 4 aromatic rings. The molecule has 0 saturated heterocycles.